The van der Waals surface area contributed by atoms with Crippen molar-refractivity contribution in [3.63, 3.8) is 0 Å². The van der Waals surface area contributed by atoms with E-state index in [4.69, 9.17) is 11.5 Å². The summed E-state index contributed by atoms with van der Waals surface area (Å²) in [5.41, 5.74) is 9.80. The van der Waals surface area contributed by atoms with E-state index >= 15 is 0 Å². The van der Waals surface area contributed by atoms with Crippen molar-refractivity contribution in [1.29, 1.82) is 0 Å². The molecule has 1 unspecified atom stereocenters. The van der Waals surface area contributed by atoms with E-state index in [-0.39, 0.29) is 13.0 Å². The Labute approximate surface area is 64.7 Å². The molecule has 64 valence electrons. The quantitative estimate of drug-likeness (QED) is 0.518. The van der Waals surface area contributed by atoms with E-state index in [1.807, 2.05) is 0 Å². The summed E-state index contributed by atoms with van der Waals surface area (Å²) in [5, 5.41) is 0. The fraction of sp³-hybridized carbons (Fsp3) is 0.667. The average Bonchev–Trinajstić information content (AvgIpc) is 1.86. The van der Waals surface area contributed by atoms with Gasteiger partial charge in [0.1, 0.15) is 0 Å². The summed E-state index contributed by atoms with van der Waals surface area (Å²) < 4.78 is 4.66. The largest absolute Gasteiger partial charge is 0.384 e. The van der Waals surface area contributed by atoms with Crippen molar-refractivity contribution in [3.05, 3.63) is 0 Å². The van der Waals surface area contributed by atoms with Crippen LogP contribution in [-0.4, -0.2) is 25.5 Å². The summed E-state index contributed by atoms with van der Waals surface area (Å²) in [6.07, 6.45) is -0.0524. The average molecular weight is 160 g/mol. The maximum absolute atomic E-state index is 10.6. The first-order chi connectivity index (χ1) is 5.07. The third-order valence-electron chi connectivity index (χ3n) is 1.22. The van der Waals surface area contributed by atoms with E-state index < -0.39 is 17.7 Å². The molecule has 0 saturated heterocycles. The normalized spacial score (nSPS) is 12.5. The van der Waals surface area contributed by atoms with Gasteiger partial charge in [0.2, 0.25) is 11.8 Å². The molecular formula is C6H12N2O3. The zero-order chi connectivity index (χ0) is 8.85. The number of carbonyl (C=O) groups excluding carboxylic acids is 2. The highest BCUT2D eigenvalue weighted by Gasteiger charge is 2.17. The summed E-state index contributed by atoms with van der Waals surface area (Å²) in [5.74, 6) is -1.71. The van der Waals surface area contributed by atoms with Crippen molar-refractivity contribution < 1.29 is 14.3 Å². The van der Waals surface area contributed by atoms with E-state index in [0.717, 1.165) is 0 Å². The Kier molecular flexibility index (Phi) is 4.21. The van der Waals surface area contributed by atoms with Crippen molar-refractivity contribution in [2.45, 2.75) is 6.42 Å². The minimum Gasteiger partial charge on any atom is -0.384 e. The molecule has 0 saturated carbocycles. The van der Waals surface area contributed by atoms with Gasteiger partial charge in [0.15, 0.2) is 0 Å². The zero-order valence-corrected chi connectivity index (χ0v) is 6.37. The van der Waals surface area contributed by atoms with Crippen LogP contribution in [0.15, 0.2) is 0 Å². The van der Waals surface area contributed by atoms with Gasteiger partial charge in [0, 0.05) is 13.5 Å². The number of carbonyl (C=O) groups is 2. The van der Waals surface area contributed by atoms with Crippen LogP contribution in [0.25, 0.3) is 0 Å². The third kappa shape index (κ3) is 4.32. The van der Waals surface area contributed by atoms with Gasteiger partial charge in [-0.25, -0.2) is 0 Å². The molecular weight excluding hydrogens is 148 g/mol. The van der Waals surface area contributed by atoms with Crippen LogP contribution in [0.2, 0.25) is 0 Å². The first-order valence-electron chi connectivity index (χ1n) is 3.14. The van der Waals surface area contributed by atoms with Crippen LogP contribution >= 0.6 is 0 Å². The Morgan fingerprint density at radius 2 is 2.00 bits per heavy atom. The fourth-order valence-corrected chi connectivity index (χ4v) is 0.686. The lowest BCUT2D eigenvalue weighted by Gasteiger charge is -2.08. The fourth-order valence-electron chi connectivity index (χ4n) is 0.686. The second-order valence-corrected chi connectivity index (χ2v) is 2.23. The molecule has 0 aliphatic rings. The summed E-state index contributed by atoms with van der Waals surface area (Å²) in [6.45, 7) is 0.137. The zero-order valence-electron chi connectivity index (χ0n) is 6.37. The van der Waals surface area contributed by atoms with Crippen molar-refractivity contribution >= 4 is 11.8 Å². The number of hydrogen-bond donors (Lipinski definition) is 2. The monoisotopic (exact) mass is 160 g/mol. The SMILES string of the molecule is COCC(CC(N)=O)C(N)=O. The van der Waals surface area contributed by atoms with E-state index in [1.54, 1.807) is 0 Å². The first kappa shape index (κ1) is 9.90. The molecule has 5 nitrogen and oxygen atoms in total. The lowest BCUT2D eigenvalue weighted by Crippen LogP contribution is -2.31. The highest BCUT2D eigenvalue weighted by atomic mass is 16.5. The van der Waals surface area contributed by atoms with Crippen LogP contribution in [0.5, 0.6) is 0 Å². The lowest BCUT2D eigenvalue weighted by atomic mass is 10.1. The van der Waals surface area contributed by atoms with Gasteiger partial charge in [-0.3, -0.25) is 9.59 Å². The topological polar surface area (TPSA) is 95.4 Å². The van der Waals surface area contributed by atoms with Crippen LogP contribution in [0.1, 0.15) is 6.42 Å². The maximum atomic E-state index is 10.6. The van der Waals surface area contributed by atoms with Gasteiger partial charge in [0.25, 0.3) is 0 Å². The highest BCUT2D eigenvalue weighted by Crippen LogP contribution is 2.00. The molecule has 0 aromatic heterocycles. The number of amides is 2. The Balaban J connectivity index is 3.89. The van der Waals surface area contributed by atoms with Crippen molar-refractivity contribution in [1.82, 2.24) is 0 Å². The van der Waals surface area contributed by atoms with Crippen molar-refractivity contribution in [3.8, 4) is 0 Å². The van der Waals surface area contributed by atoms with Gasteiger partial charge in [-0.05, 0) is 0 Å². The molecule has 11 heavy (non-hydrogen) atoms. The molecule has 2 amide bonds. The molecule has 0 aliphatic carbocycles. The van der Waals surface area contributed by atoms with Crippen LogP contribution in [0.4, 0.5) is 0 Å². The van der Waals surface area contributed by atoms with Crippen LogP contribution in [0, 0.1) is 5.92 Å². The summed E-state index contributed by atoms with van der Waals surface area (Å²) in [6, 6.07) is 0. The minimum absolute atomic E-state index is 0.0524. The molecule has 0 fully saturated rings. The maximum Gasteiger partial charge on any atom is 0.223 e. The second kappa shape index (κ2) is 4.68. The number of methoxy groups -OCH3 is 1. The minimum atomic E-state index is -0.600. The molecule has 4 N–H and O–H groups in total. The molecule has 0 rings (SSSR count). The lowest BCUT2D eigenvalue weighted by molar-refractivity contribution is -0.128. The molecule has 0 spiro atoms. The predicted molar refractivity (Wildman–Crippen MR) is 38.4 cm³/mol. The Bertz CT molecular complexity index is 158. The number of ether oxygens (including phenoxy) is 1. The van der Waals surface area contributed by atoms with E-state index in [0.29, 0.717) is 0 Å². The number of nitrogens with two attached hydrogens (primary N) is 2. The van der Waals surface area contributed by atoms with Gasteiger partial charge in [-0.1, -0.05) is 0 Å². The molecule has 0 aromatic rings. The Morgan fingerprint density at radius 3 is 2.27 bits per heavy atom. The van der Waals surface area contributed by atoms with Crippen LogP contribution in [0.3, 0.4) is 0 Å². The predicted octanol–water partition coefficient (Wildman–Crippen LogP) is -1.39. The van der Waals surface area contributed by atoms with E-state index in [2.05, 4.69) is 4.74 Å². The van der Waals surface area contributed by atoms with Gasteiger partial charge < -0.3 is 16.2 Å². The number of hydrogen-bond acceptors (Lipinski definition) is 3. The molecule has 5 heteroatoms. The van der Waals surface area contributed by atoms with Crippen LogP contribution in [-0.2, 0) is 14.3 Å². The molecule has 0 aliphatic heterocycles. The molecule has 0 bridgehead atoms. The van der Waals surface area contributed by atoms with Gasteiger partial charge >= 0.3 is 0 Å². The van der Waals surface area contributed by atoms with E-state index in [1.165, 1.54) is 7.11 Å². The third-order valence-corrected chi connectivity index (χ3v) is 1.22. The summed E-state index contributed by atoms with van der Waals surface area (Å²) >= 11 is 0. The smallest absolute Gasteiger partial charge is 0.223 e. The Morgan fingerprint density at radius 1 is 1.45 bits per heavy atom. The highest BCUT2D eigenvalue weighted by molar-refractivity contribution is 5.84. The van der Waals surface area contributed by atoms with Crippen molar-refractivity contribution in [2.24, 2.45) is 17.4 Å². The Hall–Kier alpha value is -1.10. The van der Waals surface area contributed by atoms with Gasteiger partial charge in [-0.2, -0.15) is 0 Å². The summed E-state index contributed by atoms with van der Waals surface area (Å²) in [7, 11) is 1.43. The molecule has 1 atom stereocenters. The second-order valence-electron chi connectivity index (χ2n) is 2.23. The molecule has 0 heterocycles. The van der Waals surface area contributed by atoms with Gasteiger partial charge in [-0.15, -0.1) is 0 Å². The van der Waals surface area contributed by atoms with Crippen molar-refractivity contribution in [2.75, 3.05) is 13.7 Å². The molecule has 0 aromatic carbocycles. The molecule has 0 radical (unpaired) electrons. The summed E-state index contributed by atoms with van der Waals surface area (Å²) in [4.78, 5) is 20.9. The standard InChI is InChI=1S/C6H12N2O3/c1-11-3-4(6(8)10)2-5(7)9/h4H,2-3H2,1H3,(H2,7,9)(H2,8,10). The van der Waals surface area contributed by atoms with Crippen LogP contribution < -0.4 is 11.5 Å². The van der Waals surface area contributed by atoms with E-state index in [9.17, 15) is 9.59 Å². The number of rotatable bonds is 5. The van der Waals surface area contributed by atoms with Gasteiger partial charge in [0.05, 0.1) is 12.5 Å². The number of primary amides is 2. The first-order valence-corrected chi connectivity index (χ1v) is 3.14.